The van der Waals surface area contributed by atoms with Gasteiger partial charge in [-0.1, -0.05) is 23.8 Å². The van der Waals surface area contributed by atoms with E-state index in [2.05, 4.69) is 21.8 Å². The van der Waals surface area contributed by atoms with Crippen molar-refractivity contribution in [2.75, 3.05) is 26.2 Å². The summed E-state index contributed by atoms with van der Waals surface area (Å²) in [5.74, 6) is -0.960. The fourth-order valence-electron chi connectivity index (χ4n) is 2.14. The zero-order valence-corrected chi connectivity index (χ0v) is 13.1. The van der Waals surface area contributed by atoms with Gasteiger partial charge in [0.2, 0.25) is 10.0 Å². The van der Waals surface area contributed by atoms with Crippen LogP contribution in [0.15, 0.2) is 30.4 Å². The molecule has 0 saturated carbocycles. The van der Waals surface area contributed by atoms with E-state index >= 15 is 0 Å². The highest BCUT2D eigenvalue weighted by Gasteiger charge is 2.15. The monoisotopic (exact) mass is 332 g/mol. The van der Waals surface area contributed by atoms with E-state index in [-0.39, 0.29) is 5.56 Å². The van der Waals surface area contributed by atoms with Crippen LogP contribution in [-0.2, 0) is 15.8 Å². The molecule has 0 saturated heterocycles. The molecule has 2 rings (SSSR count). The molecule has 21 heavy (non-hydrogen) atoms. The van der Waals surface area contributed by atoms with E-state index in [9.17, 15) is 12.8 Å². The van der Waals surface area contributed by atoms with Gasteiger partial charge in [-0.3, -0.25) is 4.90 Å². The highest BCUT2D eigenvalue weighted by Crippen LogP contribution is 2.16. The molecule has 1 N–H and O–H groups in total. The quantitative estimate of drug-likeness (QED) is 0.615. The maximum absolute atomic E-state index is 13.5. The molecule has 4 nitrogen and oxygen atoms in total. The van der Waals surface area contributed by atoms with E-state index in [4.69, 9.17) is 11.6 Å². The zero-order chi connectivity index (χ0) is 15.3. The van der Waals surface area contributed by atoms with Crippen LogP contribution in [0.1, 0.15) is 12.0 Å². The van der Waals surface area contributed by atoms with E-state index in [0.717, 1.165) is 26.1 Å². The van der Waals surface area contributed by atoms with Crippen molar-refractivity contribution in [3.8, 4) is 0 Å². The minimum atomic E-state index is -3.55. The summed E-state index contributed by atoms with van der Waals surface area (Å²) in [6.07, 6.45) is 4.90. The lowest BCUT2D eigenvalue weighted by Crippen LogP contribution is -2.30. The molecule has 7 heteroatoms. The molecule has 0 spiro atoms. The van der Waals surface area contributed by atoms with Crippen LogP contribution in [0.2, 0.25) is 5.02 Å². The molecule has 0 aliphatic carbocycles. The molecule has 116 valence electrons. The van der Waals surface area contributed by atoms with Crippen LogP contribution in [-0.4, -0.2) is 39.5 Å². The van der Waals surface area contributed by atoms with Gasteiger partial charge in [-0.2, -0.15) is 0 Å². The third-order valence-electron chi connectivity index (χ3n) is 3.22. The van der Waals surface area contributed by atoms with Crippen LogP contribution >= 0.6 is 11.6 Å². The van der Waals surface area contributed by atoms with E-state index < -0.39 is 21.6 Å². The average molecular weight is 333 g/mol. The molecule has 0 aromatic heterocycles. The van der Waals surface area contributed by atoms with E-state index in [0.29, 0.717) is 11.6 Å². The molecule has 0 atom stereocenters. The number of halogens is 2. The van der Waals surface area contributed by atoms with E-state index in [1.165, 1.54) is 18.2 Å². The van der Waals surface area contributed by atoms with Gasteiger partial charge in [-0.25, -0.2) is 17.5 Å². The maximum atomic E-state index is 13.5. The third-order valence-corrected chi connectivity index (χ3v) is 4.79. The van der Waals surface area contributed by atoms with Crippen LogP contribution < -0.4 is 4.72 Å². The highest BCUT2D eigenvalue weighted by molar-refractivity contribution is 7.88. The van der Waals surface area contributed by atoms with Gasteiger partial charge in [0, 0.05) is 36.8 Å². The molecule has 1 aromatic carbocycles. The second-order valence-corrected chi connectivity index (χ2v) is 7.22. The van der Waals surface area contributed by atoms with Crippen LogP contribution in [0.4, 0.5) is 4.39 Å². The van der Waals surface area contributed by atoms with Crippen molar-refractivity contribution >= 4 is 21.6 Å². The fraction of sp³-hybridized carbons (Fsp3) is 0.429. The topological polar surface area (TPSA) is 49.4 Å². The van der Waals surface area contributed by atoms with Crippen molar-refractivity contribution in [3.05, 3.63) is 46.8 Å². The maximum Gasteiger partial charge on any atom is 0.215 e. The van der Waals surface area contributed by atoms with E-state index in [1.807, 2.05) is 0 Å². The van der Waals surface area contributed by atoms with Gasteiger partial charge in [0.15, 0.2) is 0 Å². The van der Waals surface area contributed by atoms with Gasteiger partial charge in [0.05, 0.1) is 5.75 Å². The molecule has 1 heterocycles. The minimum Gasteiger partial charge on any atom is -0.296 e. The first-order valence-electron chi connectivity index (χ1n) is 6.75. The predicted molar refractivity (Wildman–Crippen MR) is 82.2 cm³/mol. The summed E-state index contributed by atoms with van der Waals surface area (Å²) in [6.45, 7) is 3.02. The molecule has 0 bridgehead atoms. The molecule has 0 fully saturated rings. The van der Waals surface area contributed by atoms with Crippen molar-refractivity contribution < 1.29 is 12.8 Å². The van der Waals surface area contributed by atoms with Gasteiger partial charge in [0.25, 0.3) is 0 Å². The van der Waals surface area contributed by atoms with Gasteiger partial charge >= 0.3 is 0 Å². The predicted octanol–water partition coefficient (Wildman–Crippen LogP) is 2.16. The van der Waals surface area contributed by atoms with Crippen LogP contribution in [0.5, 0.6) is 0 Å². The van der Waals surface area contributed by atoms with Crippen molar-refractivity contribution in [1.82, 2.24) is 9.62 Å². The van der Waals surface area contributed by atoms with Gasteiger partial charge < -0.3 is 0 Å². The molecular formula is C14H18ClFN2O2S. The van der Waals surface area contributed by atoms with Crippen molar-refractivity contribution in [3.63, 3.8) is 0 Å². The first kappa shape index (κ1) is 16.4. The minimum absolute atomic E-state index is 0.0822. The number of benzene rings is 1. The molecular weight excluding hydrogens is 315 g/mol. The van der Waals surface area contributed by atoms with Gasteiger partial charge in [-0.05, 0) is 24.6 Å². The summed E-state index contributed by atoms with van der Waals surface area (Å²) in [4.78, 5) is 2.21. The Morgan fingerprint density at radius 3 is 2.71 bits per heavy atom. The van der Waals surface area contributed by atoms with Crippen molar-refractivity contribution in [2.45, 2.75) is 12.2 Å². The Labute approximate surface area is 129 Å². The summed E-state index contributed by atoms with van der Waals surface area (Å²) in [6, 6.07) is 3.91. The van der Waals surface area contributed by atoms with Crippen molar-refractivity contribution in [2.24, 2.45) is 0 Å². The Kier molecular flexibility index (Phi) is 5.75. The smallest absolute Gasteiger partial charge is 0.215 e. The Bertz CT molecular complexity index is 611. The number of sulfonamides is 1. The molecule has 1 aromatic rings. The summed E-state index contributed by atoms with van der Waals surface area (Å²) in [7, 11) is -3.55. The first-order chi connectivity index (χ1) is 9.96. The second-order valence-electron chi connectivity index (χ2n) is 4.97. The summed E-state index contributed by atoms with van der Waals surface area (Å²) < 4.78 is 39.8. The first-order valence-corrected chi connectivity index (χ1v) is 8.78. The summed E-state index contributed by atoms with van der Waals surface area (Å²) >= 11 is 5.75. The Morgan fingerprint density at radius 2 is 2.00 bits per heavy atom. The molecule has 1 aliphatic rings. The Morgan fingerprint density at radius 1 is 1.29 bits per heavy atom. The number of nitrogens with zero attached hydrogens (tertiary/aromatic N) is 1. The molecule has 0 radical (unpaired) electrons. The summed E-state index contributed by atoms with van der Waals surface area (Å²) in [5, 5.41) is 0.322. The normalized spacial score (nSPS) is 15.7. The fourth-order valence-corrected chi connectivity index (χ4v) is 3.53. The summed E-state index contributed by atoms with van der Waals surface area (Å²) in [5.41, 5.74) is 0.0822. The SMILES string of the molecule is O=S(=O)(Cc1cc(Cl)ccc1F)NCCCN1CC=CC1. The standard InChI is InChI=1S/C14H18ClFN2O2S/c15-13-4-5-14(16)12(10-13)11-21(19,20)17-6-3-9-18-7-1-2-8-18/h1-2,4-5,10,17H,3,6-9,11H2. The van der Waals surface area contributed by atoms with E-state index in [1.54, 1.807) is 0 Å². The Balaban J connectivity index is 1.80. The number of hydrogen-bond donors (Lipinski definition) is 1. The van der Waals surface area contributed by atoms with Gasteiger partial charge in [-0.15, -0.1) is 0 Å². The average Bonchev–Trinajstić information content (AvgIpc) is 2.92. The van der Waals surface area contributed by atoms with Crippen molar-refractivity contribution in [1.29, 1.82) is 0 Å². The lowest BCUT2D eigenvalue weighted by Gasteiger charge is -2.14. The van der Waals surface area contributed by atoms with Gasteiger partial charge in [0.1, 0.15) is 5.82 Å². The van der Waals surface area contributed by atoms with Crippen LogP contribution in [0.3, 0.4) is 0 Å². The molecule has 0 unspecified atom stereocenters. The lowest BCUT2D eigenvalue weighted by molar-refractivity contribution is 0.347. The highest BCUT2D eigenvalue weighted by atomic mass is 35.5. The zero-order valence-electron chi connectivity index (χ0n) is 11.6. The molecule has 1 aliphatic heterocycles. The second kappa shape index (κ2) is 7.35. The number of rotatable bonds is 7. The number of hydrogen-bond acceptors (Lipinski definition) is 3. The van der Waals surface area contributed by atoms with Crippen LogP contribution in [0, 0.1) is 5.82 Å². The third kappa shape index (κ3) is 5.39. The number of nitrogens with one attached hydrogen (secondary N) is 1. The lowest BCUT2D eigenvalue weighted by atomic mass is 10.2. The van der Waals surface area contributed by atoms with Crippen LogP contribution in [0.25, 0.3) is 0 Å². The largest absolute Gasteiger partial charge is 0.296 e. The Hall–Kier alpha value is -0.950. The molecule has 0 amide bonds.